The van der Waals surface area contributed by atoms with Crippen LogP contribution in [-0.2, 0) is 9.59 Å². The highest BCUT2D eigenvalue weighted by atomic mass is 16.4. The largest absolute Gasteiger partial charge is 0.481 e. The van der Waals surface area contributed by atoms with E-state index in [1.807, 2.05) is 0 Å². The monoisotopic (exact) mass is 183 g/mol. The lowest BCUT2D eigenvalue weighted by Crippen LogP contribution is -2.35. The molecule has 3 atom stereocenters. The van der Waals surface area contributed by atoms with E-state index in [0.717, 1.165) is 13.0 Å². The van der Waals surface area contributed by atoms with Crippen LogP contribution < -0.4 is 0 Å². The molecule has 0 aromatic heterocycles. The molecule has 0 aromatic rings. The van der Waals surface area contributed by atoms with Gasteiger partial charge >= 0.3 is 5.97 Å². The van der Waals surface area contributed by atoms with Crippen molar-refractivity contribution < 1.29 is 14.7 Å². The van der Waals surface area contributed by atoms with Crippen molar-refractivity contribution in [3.05, 3.63) is 0 Å². The number of carbonyl (C=O) groups is 2. The molecular weight excluding hydrogens is 170 g/mol. The van der Waals surface area contributed by atoms with Gasteiger partial charge in [-0.3, -0.25) is 9.59 Å². The van der Waals surface area contributed by atoms with Crippen LogP contribution in [0.4, 0.5) is 0 Å². The van der Waals surface area contributed by atoms with Crippen molar-refractivity contribution in [2.24, 2.45) is 17.8 Å². The first-order valence-electron chi connectivity index (χ1n) is 4.59. The minimum absolute atomic E-state index is 0.0643. The van der Waals surface area contributed by atoms with Crippen molar-refractivity contribution in [1.82, 2.24) is 4.90 Å². The molecule has 2 fully saturated rings. The number of carboxylic acid groups (broad SMARTS) is 1. The number of amides is 1. The molecular formula is C9H13NO3. The Hall–Kier alpha value is -1.06. The smallest absolute Gasteiger partial charge is 0.307 e. The number of carbonyl (C=O) groups excluding carboxylic acids is 1. The number of carboxylic acids is 1. The van der Waals surface area contributed by atoms with Crippen molar-refractivity contribution in [1.29, 1.82) is 0 Å². The lowest BCUT2D eigenvalue weighted by Gasteiger charge is -2.24. The van der Waals surface area contributed by atoms with Crippen molar-refractivity contribution in [3.63, 3.8) is 0 Å². The van der Waals surface area contributed by atoms with Gasteiger partial charge in [0.25, 0.3) is 0 Å². The number of hydrogen-bond donors (Lipinski definition) is 1. The van der Waals surface area contributed by atoms with Crippen LogP contribution in [0.25, 0.3) is 0 Å². The Kier molecular flexibility index (Phi) is 1.78. The molecule has 4 heteroatoms. The molecule has 72 valence electrons. The molecule has 1 saturated heterocycles. The number of piperidine rings is 1. The Morgan fingerprint density at radius 2 is 2.08 bits per heavy atom. The van der Waals surface area contributed by atoms with Gasteiger partial charge in [0.2, 0.25) is 5.91 Å². The Balaban J connectivity index is 1.97. The second kappa shape index (κ2) is 2.72. The summed E-state index contributed by atoms with van der Waals surface area (Å²) in [6, 6.07) is 0. The second-order valence-corrected chi connectivity index (χ2v) is 3.95. The zero-order chi connectivity index (χ0) is 9.59. The van der Waals surface area contributed by atoms with E-state index in [4.69, 9.17) is 5.11 Å². The van der Waals surface area contributed by atoms with E-state index in [2.05, 4.69) is 0 Å². The number of hydrogen-bond acceptors (Lipinski definition) is 2. The minimum Gasteiger partial charge on any atom is -0.481 e. The number of fused-ring (bicyclic) bond motifs is 1. The molecule has 2 rings (SSSR count). The van der Waals surface area contributed by atoms with E-state index >= 15 is 0 Å². The minimum atomic E-state index is -0.694. The molecule has 0 spiro atoms. The Morgan fingerprint density at radius 1 is 1.38 bits per heavy atom. The maximum atomic E-state index is 11.0. The van der Waals surface area contributed by atoms with Crippen LogP contribution in [0.2, 0.25) is 0 Å². The van der Waals surface area contributed by atoms with Crippen LogP contribution in [0, 0.1) is 17.8 Å². The van der Waals surface area contributed by atoms with E-state index < -0.39 is 5.97 Å². The fraction of sp³-hybridized carbons (Fsp3) is 0.778. The SMILES string of the molecule is CC(=O)N1CC[C@H]2C(C(=O)O)[C@H]2C1. The molecule has 0 bridgehead atoms. The van der Waals surface area contributed by atoms with Gasteiger partial charge in [-0.05, 0) is 18.3 Å². The third kappa shape index (κ3) is 1.30. The first kappa shape index (κ1) is 8.53. The first-order valence-corrected chi connectivity index (χ1v) is 4.59. The van der Waals surface area contributed by atoms with Crippen molar-refractivity contribution >= 4 is 11.9 Å². The molecule has 1 unspecified atom stereocenters. The van der Waals surface area contributed by atoms with Crippen LogP contribution >= 0.6 is 0 Å². The summed E-state index contributed by atoms with van der Waals surface area (Å²) in [5, 5.41) is 8.81. The molecule has 1 heterocycles. The molecule has 13 heavy (non-hydrogen) atoms. The number of aliphatic carboxylic acids is 1. The van der Waals surface area contributed by atoms with Crippen molar-refractivity contribution in [2.75, 3.05) is 13.1 Å². The fourth-order valence-corrected chi connectivity index (χ4v) is 2.39. The van der Waals surface area contributed by atoms with Crippen molar-refractivity contribution in [3.8, 4) is 0 Å². The van der Waals surface area contributed by atoms with E-state index in [1.54, 1.807) is 11.8 Å². The molecule has 0 radical (unpaired) electrons. The lowest BCUT2D eigenvalue weighted by atomic mass is 10.1. The van der Waals surface area contributed by atoms with Crippen LogP contribution in [0.1, 0.15) is 13.3 Å². The zero-order valence-corrected chi connectivity index (χ0v) is 7.56. The number of nitrogens with zero attached hydrogens (tertiary/aromatic N) is 1. The predicted molar refractivity (Wildman–Crippen MR) is 45.0 cm³/mol. The molecule has 0 aromatic carbocycles. The summed E-state index contributed by atoms with van der Waals surface area (Å²) in [5.41, 5.74) is 0. The molecule has 1 N–H and O–H groups in total. The zero-order valence-electron chi connectivity index (χ0n) is 7.56. The van der Waals surface area contributed by atoms with Crippen LogP contribution in [-0.4, -0.2) is 35.0 Å². The van der Waals surface area contributed by atoms with Gasteiger partial charge in [0.1, 0.15) is 0 Å². The highest BCUT2D eigenvalue weighted by Crippen LogP contribution is 2.51. The van der Waals surface area contributed by atoms with Crippen LogP contribution in [0.5, 0.6) is 0 Å². The van der Waals surface area contributed by atoms with E-state index in [1.165, 1.54) is 0 Å². The average Bonchev–Trinajstić information content (AvgIpc) is 2.75. The summed E-state index contributed by atoms with van der Waals surface area (Å²) < 4.78 is 0. The van der Waals surface area contributed by atoms with Gasteiger partial charge in [-0.1, -0.05) is 0 Å². The Morgan fingerprint density at radius 3 is 2.62 bits per heavy atom. The first-order chi connectivity index (χ1) is 6.11. The van der Waals surface area contributed by atoms with E-state index in [0.29, 0.717) is 12.5 Å². The summed E-state index contributed by atoms with van der Waals surface area (Å²) in [6.45, 7) is 2.93. The van der Waals surface area contributed by atoms with Gasteiger partial charge in [0.15, 0.2) is 0 Å². The predicted octanol–water partition coefficient (Wildman–Crippen LogP) is 0.185. The van der Waals surface area contributed by atoms with Gasteiger partial charge in [-0.15, -0.1) is 0 Å². The van der Waals surface area contributed by atoms with Gasteiger partial charge in [0, 0.05) is 20.0 Å². The summed E-state index contributed by atoms with van der Waals surface area (Å²) in [4.78, 5) is 23.5. The molecule has 4 nitrogen and oxygen atoms in total. The second-order valence-electron chi connectivity index (χ2n) is 3.95. The standard InChI is InChI=1S/C9H13NO3/c1-5(11)10-3-2-6-7(4-10)8(6)9(12)13/h6-8H,2-4H2,1H3,(H,12,13)/t6-,7+,8?/m1/s1. The Labute approximate surface area is 76.5 Å². The summed E-state index contributed by atoms with van der Waals surface area (Å²) in [7, 11) is 0. The van der Waals surface area contributed by atoms with Gasteiger partial charge < -0.3 is 10.0 Å². The summed E-state index contributed by atoms with van der Waals surface area (Å²) in [6.07, 6.45) is 0.862. The quantitative estimate of drug-likeness (QED) is 0.631. The molecule has 1 aliphatic carbocycles. The third-order valence-electron chi connectivity index (χ3n) is 3.23. The molecule has 2 aliphatic rings. The van der Waals surface area contributed by atoms with Crippen LogP contribution in [0.15, 0.2) is 0 Å². The molecule has 1 amide bonds. The number of rotatable bonds is 1. The Bertz CT molecular complexity index is 252. The molecule has 1 aliphatic heterocycles. The average molecular weight is 183 g/mol. The maximum Gasteiger partial charge on any atom is 0.307 e. The highest BCUT2D eigenvalue weighted by molar-refractivity contribution is 5.76. The van der Waals surface area contributed by atoms with Gasteiger partial charge in [-0.2, -0.15) is 0 Å². The van der Waals surface area contributed by atoms with E-state index in [9.17, 15) is 9.59 Å². The maximum absolute atomic E-state index is 11.0. The summed E-state index contributed by atoms with van der Waals surface area (Å²) in [5.74, 6) is -0.234. The van der Waals surface area contributed by atoms with Gasteiger partial charge in [-0.25, -0.2) is 0 Å². The lowest BCUT2D eigenvalue weighted by molar-refractivity contribution is -0.139. The summed E-state index contributed by atoms with van der Waals surface area (Å²) >= 11 is 0. The topological polar surface area (TPSA) is 57.6 Å². The third-order valence-corrected chi connectivity index (χ3v) is 3.23. The number of likely N-dealkylation sites (tertiary alicyclic amines) is 1. The normalized spacial score (nSPS) is 36.7. The van der Waals surface area contributed by atoms with Gasteiger partial charge in [0.05, 0.1) is 5.92 Å². The van der Waals surface area contributed by atoms with Crippen LogP contribution in [0.3, 0.4) is 0 Å². The molecule has 1 saturated carbocycles. The van der Waals surface area contributed by atoms with E-state index in [-0.39, 0.29) is 17.7 Å². The van der Waals surface area contributed by atoms with Crippen molar-refractivity contribution in [2.45, 2.75) is 13.3 Å². The highest BCUT2D eigenvalue weighted by Gasteiger charge is 2.57. The fourth-order valence-electron chi connectivity index (χ4n) is 2.39.